The van der Waals surface area contributed by atoms with E-state index >= 15 is 0 Å². The number of aryl methyl sites for hydroxylation is 1. The molecule has 5 rings (SSSR count). The highest BCUT2D eigenvalue weighted by molar-refractivity contribution is 5.65. The maximum absolute atomic E-state index is 8.12. The van der Waals surface area contributed by atoms with Gasteiger partial charge in [-0.25, -0.2) is 0 Å². The van der Waals surface area contributed by atoms with E-state index in [-0.39, 0.29) is 31.0 Å². The van der Waals surface area contributed by atoms with E-state index in [1.165, 1.54) is 4.90 Å². The molecule has 5 aromatic rings. The molecule has 0 aliphatic carbocycles. The number of halogens is 2. The van der Waals surface area contributed by atoms with E-state index in [0.29, 0.717) is 134 Å². The molecule has 0 aliphatic heterocycles. The minimum atomic E-state index is 0. The Hall–Kier alpha value is -7.14. The molecule has 0 heterocycles. The van der Waals surface area contributed by atoms with E-state index < -0.39 is 0 Å². The van der Waals surface area contributed by atoms with Gasteiger partial charge in [-0.3, -0.25) is 0 Å². The second kappa shape index (κ2) is 39.3. The summed E-state index contributed by atoms with van der Waals surface area (Å²) in [6.45, 7) is 7.65. The molecule has 0 saturated heterocycles. The van der Waals surface area contributed by atoms with Crippen LogP contribution in [-0.2, 0) is 28.5 Å². The Labute approximate surface area is 487 Å². The summed E-state index contributed by atoms with van der Waals surface area (Å²) in [6.07, 6.45) is 2.89. The molecule has 0 saturated carbocycles. The normalized spacial score (nSPS) is 10.1. The topological polar surface area (TPSA) is 131 Å². The summed E-state index contributed by atoms with van der Waals surface area (Å²) < 4.78 is 60.7. The van der Waals surface area contributed by atoms with Crippen LogP contribution in [-0.4, -0.2) is 153 Å². The lowest BCUT2D eigenvalue weighted by atomic mass is 10.0. The molecule has 1 N–H and O–H groups in total. The molecule has 16 heteroatoms. The fraction of sp³-hybridized carbons (Fsp3) is 0.391. The summed E-state index contributed by atoms with van der Waals surface area (Å²) >= 11 is 0. The molecule has 5 aromatic carbocycles. The van der Waals surface area contributed by atoms with Crippen molar-refractivity contribution in [1.82, 2.24) is 0 Å². The van der Waals surface area contributed by atoms with Crippen LogP contribution in [0.4, 0.5) is 0 Å². The standard InChI is InChI=1S/C63H75N2O10.CO2.2ClH/c1-49-19-21-51(22-20-49)24-26-53-44-63(75-42-38-69-10)57(48-61(53)73-40-36-67-8)30-28-55-45-58(70-33-15-14-31-64(2)3)54(46-59(55)71-34-16-32-65(4,5)6)27-29-56-47-60(72-39-35-66-7)52(43-62(56)74-41-37-68-9)25-23-50-17-12-11-13-18-50;2-1-3;;/h11-13,17-22,43-48H,14-16,31-42H2,1-10H3;;2*1H/q+1;;;/p-1. The van der Waals surface area contributed by atoms with Crippen LogP contribution in [0.2, 0.25) is 0 Å². The highest BCUT2D eigenvalue weighted by atomic mass is 35.5. The Morgan fingerprint density at radius 2 is 0.700 bits per heavy atom. The van der Waals surface area contributed by atoms with E-state index in [4.69, 9.17) is 57.0 Å². The van der Waals surface area contributed by atoms with E-state index in [2.05, 4.69) is 82.6 Å². The van der Waals surface area contributed by atoms with Gasteiger partial charge in [-0.2, -0.15) is 9.59 Å². The number of rotatable bonds is 27. The monoisotopic (exact) mass is 1130 g/mol. The second-order valence-electron chi connectivity index (χ2n) is 18.9. The SMILES string of the molecule is COCCOc1cc(C#Cc2cc(OCCC[N+](C)(C)C)c(C#Cc3cc(OCCOC)c(C#Cc4ccc(C)cc4)cc3OCCOC)cc2OCCCC[NH+](C)C)c(OCCOC)cc1C#Cc1ccccc1.O=C=O.[Cl-].[Cl-]. The van der Waals surface area contributed by atoms with Crippen LogP contribution in [0.25, 0.3) is 0 Å². The smallest absolute Gasteiger partial charge is 0.373 e. The van der Waals surface area contributed by atoms with Gasteiger partial charge in [0.25, 0.3) is 0 Å². The zero-order valence-electron chi connectivity index (χ0n) is 47.9. The fourth-order valence-electron chi connectivity index (χ4n) is 7.11. The molecule has 0 unspecified atom stereocenters. The van der Waals surface area contributed by atoms with Gasteiger partial charge in [0.15, 0.2) is 0 Å². The average molecular weight is 1140 g/mol. The number of nitrogens with zero attached hydrogens (tertiary/aromatic N) is 1. The number of hydrogen-bond donors (Lipinski definition) is 1. The average Bonchev–Trinajstić information content (AvgIpc) is 3.42. The van der Waals surface area contributed by atoms with E-state index in [1.54, 1.807) is 28.4 Å². The van der Waals surface area contributed by atoms with Crippen LogP contribution in [0, 0.1) is 54.3 Å². The maximum atomic E-state index is 8.12. The van der Waals surface area contributed by atoms with Crippen molar-refractivity contribution in [3.63, 3.8) is 0 Å². The lowest BCUT2D eigenvalue weighted by Crippen LogP contribution is -3.05. The Balaban J connectivity index is 0.00000427. The Kier molecular flexibility index (Phi) is 33.9. The predicted octanol–water partition coefficient (Wildman–Crippen LogP) is 0.898. The van der Waals surface area contributed by atoms with Crippen LogP contribution >= 0.6 is 0 Å². The first-order valence-electron chi connectivity index (χ1n) is 25.9. The molecule has 14 nitrogen and oxygen atoms in total. The number of ether oxygens (including phenoxy) is 10. The predicted molar refractivity (Wildman–Crippen MR) is 301 cm³/mol. The number of quaternary nitrogens is 2. The van der Waals surface area contributed by atoms with Crippen molar-refractivity contribution >= 4 is 6.15 Å². The van der Waals surface area contributed by atoms with E-state index in [1.807, 2.05) is 97.9 Å². The third kappa shape index (κ3) is 26.2. The first-order valence-corrected chi connectivity index (χ1v) is 25.9. The van der Waals surface area contributed by atoms with Crippen molar-refractivity contribution in [1.29, 1.82) is 0 Å². The van der Waals surface area contributed by atoms with E-state index in [0.717, 1.165) is 53.5 Å². The van der Waals surface area contributed by atoms with Gasteiger partial charge in [0.2, 0.25) is 0 Å². The number of nitrogens with one attached hydrogen (secondary N) is 1. The summed E-state index contributed by atoms with van der Waals surface area (Å²) in [5, 5.41) is 0. The van der Waals surface area contributed by atoms with E-state index in [9.17, 15) is 0 Å². The minimum Gasteiger partial charge on any atom is -1.00 e. The first-order chi connectivity index (χ1) is 37.8. The quantitative estimate of drug-likeness (QED) is 0.0456. The molecular weight excluding hydrogens is 1060 g/mol. The Morgan fingerprint density at radius 1 is 0.400 bits per heavy atom. The molecule has 0 bridgehead atoms. The summed E-state index contributed by atoms with van der Waals surface area (Å²) in [5.41, 5.74) is 6.62. The molecule has 0 aliphatic rings. The Morgan fingerprint density at radius 3 is 1.01 bits per heavy atom. The molecule has 0 fully saturated rings. The van der Waals surface area contributed by atoms with Crippen molar-refractivity contribution in [2.24, 2.45) is 0 Å². The van der Waals surface area contributed by atoms with Gasteiger partial charge in [-0.05, 0) is 44.0 Å². The zero-order chi connectivity index (χ0) is 56.4. The molecule has 0 radical (unpaired) electrons. The lowest BCUT2D eigenvalue weighted by molar-refractivity contribution is -0.870. The number of carbonyl (C=O) groups excluding carboxylic acids is 2. The third-order valence-corrected chi connectivity index (χ3v) is 11.2. The lowest BCUT2D eigenvalue weighted by Gasteiger charge is -2.23. The maximum Gasteiger partial charge on any atom is 0.373 e. The van der Waals surface area contributed by atoms with Crippen LogP contribution < -0.4 is 58.1 Å². The summed E-state index contributed by atoms with van der Waals surface area (Å²) in [7, 11) is 17.4. The van der Waals surface area contributed by atoms with Gasteiger partial charge in [0, 0.05) is 82.4 Å². The summed E-state index contributed by atoms with van der Waals surface area (Å²) in [5.74, 6) is 30.2. The van der Waals surface area contributed by atoms with Gasteiger partial charge < -0.3 is 81.6 Å². The van der Waals surface area contributed by atoms with Crippen LogP contribution in [0.3, 0.4) is 0 Å². The molecule has 0 amide bonds. The molecule has 0 atom stereocenters. The van der Waals surface area contributed by atoms with Crippen molar-refractivity contribution in [2.45, 2.75) is 26.2 Å². The molecule has 0 spiro atoms. The largest absolute Gasteiger partial charge is 1.00 e. The molecule has 0 aromatic heterocycles. The van der Waals surface area contributed by atoms with Crippen molar-refractivity contribution < 1.29 is 91.2 Å². The van der Waals surface area contributed by atoms with Crippen LogP contribution in [0.15, 0.2) is 91.0 Å². The summed E-state index contributed by atoms with van der Waals surface area (Å²) in [6, 6.07) is 29.2. The molecule has 428 valence electrons. The Bertz CT molecular complexity index is 2930. The van der Waals surface area contributed by atoms with Gasteiger partial charge in [-0.1, -0.05) is 83.3 Å². The van der Waals surface area contributed by atoms with Crippen molar-refractivity contribution in [2.75, 3.05) is 143 Å². The zero-order valence-corrected chi connectivity index (χ0v) is 49.4. The van der Waals surface area contributed by atoms with Gasteiger partial charge in [-0.15, -0.1) is 0 Å². The van der Waals surface area contributed by atoms with Crippen molar-refractivity contribution in [3.05, 3.63) is 141 Å². The van der Waals surface area contributed by atoms with Crippen LogP contribution in [0.5, 0.6) is 34.5 Å². The minimum absolute atomic E-state index is 0. The van der Waals surface area contributed by atoms with Crippen molar-refractivity contribution in [3.8, 4) is 81.9 Å². The van der Waals surface area contributed by atoms with Gasteiger partial charge in [0.1, 0.15) is 60.9 Å². The summed E-state index contributed by atoms with van der Waals surface area (Å²) in [4.78, 5) is 17.6. The fourth-order valence-corrected chi connectivity index (χ4v) is 7.11. The number of methoxy groups -OCH3 is 4. The second-order valence-corrected chi connectivity index (χ2v) is 18.9. The number of unbranched alkanes of at least 4 members (excludes halogenated alkanes) is 1. The molecule has 80 heavy (non-hydrogen) atoms. The van der Waals surface area contributed by atoms with Gasteiger partial charge in [0.05, 0.1) is 121 Å². The van der Waals surface area contributed by atoms with Crippen LogP contribution in [0.1, 0.15) is 69.3 Å². The first kappa shape index (κ1) is 69.0. The van der Waals surface area contributed by atoms with Gasteiger partial charge >= 0.3 is 6.15 Å². The highest BCUT2D eigenvalue weighted by Crippen LogP contribution is 2.33. The number of hydrogen-bond acceptors (Lipinski definition) is 12. The third-order valence-electron chi connectivity index (χ3n) is 11.2. The highest BCUT2D eigenvalue weighted by Gasteiger charge is 2.16. The molecular formula is C64H76Cl2N2O12. The number of benzene rings is 5.